The molecule has 2 aromatic heterocycles. The number of likely N-dealkylation sites (tertiary alicyclic amines) is 1. The van der Waals surface area contributed by atoms with E-state index in [1.165, 1.54) is 17.7 Å². The number of pyridine rings is 1. The maximum absolute atomic E-state index is 12.3. The molecule has 1 aliphatic rings. The molecule has 2 atom stereocenters. The highest BCUT2D eigenvalue weighted by Crippen LogP contribution is 2.27. The molecule has 0 unspecified atom stereocenters. The molecule has 0 aromatic carbocycles. The van der Waals surface area contributed by atoms with Gasteiger partial charge in [0.1, 0.15) is 0 Å². The van der Waals surface area contributed by atoms with Crippen LogP contribution in [0, 0.1) is 0 Å². The first-order valence-corrected chi connectivity index (χ1v) is 9.34. The largest absolute Gasteiger partial charge is 0.336 e. The molecule has 6 heteroatoms. The van der Waals surface area contributed by atoms with Crippen LogP contribution in [0.4, 0.5) is 4.79 Å². The Kier molecular flexibility index (Phi) is 5.82. The van der Waals surface area contributed by atoms with Crippen molar-refractivity contribution in [2.24, 2.45) is 0 Å². The number of hydrogen-bond donors (Lipinski definition) is 2. The van der Waals surface area contributed by atoms with E-state index < -0.39 is 0 Å². The Balaban J connectivity index is 1.55. The Bertz CT molecular complexity index is 626. The fourth-order valence-electron chi connectivity index (χ4n) is 3.10. The highest BCUT2D eigenvalue weighted by Gasteiger charge is 2.24. The Morgan fingerprint density at radius 1 is 1.33 bits per heavy atom. The van der Waals surface area contributed by atoms with Crippen molar-refractivity contribution in [3.63, 3.8) is 0 Å². The van der Waals surface area contributed by atoms with Crippen LogP contribution in [0.2, 0.25) is 0 Å². The van der Waals surface area contributed by atoms with Gasteiger partial charge in [-0.2, -0.15) is 0 Å². The lowest BCUT2D eigenvalue weighted by Crippen LogP contribution is -2.42. The molecule has 1 aliphatic heterocycles. The van der Waals surface area contributed by atoms with Crippen molar-refractivity contribution >= 4 is 17.4 Å². The lowest BCUT2D eigenvalue weighted by molar-refractivity contribution is 0.220. The molecular weight excluding hydrogens is 320 g/mol. The zero-order valence-corrected chi connectivity index (χ0v) is 14.8. The van der Waals surface area contributed by atoms with E-state index in [2.05, 4.69) is 38.0 Å². The molecule has 0 spiro atoms. The monoisotopic (exact) mass is 344 g/mol. The molecule has 2 N–H and O–H groups in total. The normalized spacial score (nSPS) is 17.4. The molecule has 0 radical (unpaired) electrons. The van der Waals surface area contributed by atoms with Gasteiger partial charge in [0.2, 0.25) is 0 Å². The maximum atomic E-state index is 12.3. The summed E-state index contributed by atoms with van der Waals surface area (Å²) in [5.41, 5.74) is 1.00. The van der Waals surface area contributed by atoms with E-state index in [1.54, 1.807) is 23.7 Å². The van der Waals surface area contributed by atoms with Gasteiger partial charge in [-0.25, -0.2) is 4.79 Å². The van der Waals surface area contributed by atoms with Crippen molar-refractivity contribution in [2.75, 3.05) is 19.6 Å². The molecule has 0 aliphatic carbocycles. The summed E-state index contributed by atoms with van der Waals surface area (Å²) in [4.78, 5) is 20.1. The van der Waals surface area contributed by atoms with Crippen LogP contribution in [-0.4, -0.2) is 35.5 Å². The van der Waals surface area contributed by atoms with Crippen molar-refractivity contribution in [3.05, 3.63) is 52.5 Å². The van der Waals surface area contributed by atoms with E-state index >= 15 is 0 Å². The standard InChI is InChI=1S/C18H24N4OS/c1-14(15-6-4-8-19-12-15)21-18(23)20-13-16(17-7-5-11-24-17)22-9-2-3-10-22/h4-8,11-12,14,16H,2-3,9-10,13H2,1H3,(H2,20,21,23)/t14-,16-/m0/s1. The lowest BCUT2D eigenvalue weighted by Gasteiger charge is -2.27. The van der Waals surface area contributed by atoms with E-state index in [9.17, 15) is 4.79 Å². The van der Waals surface area contributed by atoms with Gasteiger partial charge in [0.25, 0.3) is 0 Å². The number of carbonyl (C=O) groups is 1. The number of urea groups is 1. The zero-order chi connectivity index (χ0) is 16.8. The van der Waals surface area contributed by atoms with Gasteiger partial charge >= 0.3 is 6.03 Å². The Morgan fingerprint density at radius 3 is 2.83 bits per heavy atom. The fraction of sp³-hybridized carbons (Fsp3) is 0.444. The van der Waals surface area contributed by atoms with Gasteiger partial charge in [0.05, 0.1) is 12.1 Å². The minimum absolute atomic E-state index is 0.0642. The van der Waals surface area contributed by atoms with E-state index in [1.807, 2.05) is 19.1 Å². The minimum Gasteiger partial charge on any atom is -0.336 e. The van der Waals surface area contributed by atoms with Gasteiger partial charge in [0.15, 0.2) is 0 Å². The molecule has 128 valence electrons. The minimum atomic E-state index is -0.132. The third-order valence-electron chi connectivity index (χ3n) is 4.44. The predicted molar refractivity (Wildman–Crippen MR) is 97.1 cm³/mol. The summed E-state index contributed by atoms with van der Waals surface area (Å²) in [5.74, 6) is 0. The Hall–Kier alpha value is -1.92. The first-order chi connectivity index (χ1) is 11.7. The van der Waals surface area contributed by atoms with Gasteiger partial charge in [-0.1, -0.05) is 12.1 Å². The topological polar surface area (TPSA) is 57.3 Å². The van der Waals surface area contributed by atoms with Gasteiger partial charge in [-0.3, -0.25) is 9.88 Å². The second-order valence-electron chi connectivity index (χ2n) is 6.14. The number of rotatable bonds is 6. The first-order valence-electron chi connectivity index (χ1n) is 8.46. The predicted octanol–water partition coefficient (Wildman–Crippen LogP) is 3.34. The molecule has 3 rings (SSSR count). The molecule has 0 saturated carbocycles. The highest BCUT2D eigenvalue weighted by atomic mass is 32.1. The Labute approximate surface area is 147 Å². The lowest BCUT2D eigenvalue weighted by atomic mass is 10.1. The van der Waals surface area contributed by atoms with E-state index in [0.717, 1.165) is 18.7 Å². The smallest absolute Gasteiger partial charge is 0.315 e. The fourth-order valence-corrected chi connectivity index (χ4v) is 3.96. The SMILES string of the molecule is C[C@H](NC(=O)NC[C@@H](c1cccs1)N1CCCC1)c1cccnc1. The van der Waals surface area contributed by atoms with Gasteiger partial charge in [-0.15, -0.1) is 11.3 Å². The summed E-state index contributed by atoms with van der Waals surface area (Å²) in [7, 11) is 0. The quantitative estimate of drug-likeness (QED) is 0.845. The molecule has 2 aromatic rings. The molecular formula is C18H24N4OS. The van der Waals surface area contributed by atoms with Gasteiger partial charge in [-0.05, 0) is 55.9 Å². The Morgan fingerprint density at radius 2 is 2.17 bits per heavy atom. The zero-order valence-electron chi connectivity index (χ0n) is 13.9. The van der Waals surface area contributed by atoms with E-state index in [4.69, 9.17) is 0 Å². The van der Waals surface area contributed by atoms with Crippen LogP contribution >= 0.6 is 11.3 Å². The number of amides is 2. The molecule has 1 fully saturated rings. The van der Waals surface area contributed by atoms with E-state index in [-0.39, 0.29) is 18.1 Å². The van der Waals surface area contributed by atoms with Crippen LogP contribution < -0.4 is 10.6 Å². The number of carbonyl (C=O) groups excluding carboxylic acids is 1. The van der Waals surface area contributed by atoms with Crippen LogP contribution in [0.3, 0.4) is 0 Å². The third kappa shape index (κ3) is 4.33. The summed E-state index contributed by atoms with van der Waals surface area (Å²) in [6, 6.07) is 8.16. The summed E-state index contributed by atoms with van der Waals surface area (Å²) >= 11 is 1.76. The van der Waals surface area contributed by atoms with Crippen molar-refractivity contribution < 1.29 is 4.79 Å². The summed E-state index contributed by atoms with van der Waals surface area (Å²) in [6.45, 7) is 4.82. The average molecular weight is 344 g/mol. The molecule has 24 heavy (non-hydrogen) atoms. The maximum Gasteiger partial charge on any atom is 0.315 e. The van der Waals surface area contributed by atoms with Gasteiger partial charge in [0, 0.05) is 23.8 Å². The second kappa shape index (κ2) is 8.26. The van der Waals surface area contributed by atoms with Gasteiger partial charge < -0.3 is 10.6 Å². The molecule has 3 heterocycles. The van der Waals surface area contributed by atoms with Crippen LogP contribution in [-0.2, 0) is 0 Å². The first kappa shape index (κ1) is 16.9. The molecule has 5 nitrogen and oxygen atoms in total. The number of nitrogens with zero attached hydrogens (tertiary/aromatic N) is 2. The summed E-state index contributed by atoms with van der Waals surface area (Å²) in [5, 5.41) is 8.13. The van der Waals surface area contributed by atoms with Crippen molar-refractivity contribution in [1.29, 1.82) is 0 Å². The second-order valence-corrected chi connectivity index (χ2v) is 7.12. The number of thiophene rings is 1. The van der Waals surface area contributed by atoms with Crippen LogP contribution in [0.5, 0.6) is 0 Å². The highest BCUT2D eigenvalue weighted by molar-refractivity contribution is 7.10. The van der Waals surface area contributed by atoms with Crippen LogP contribution in [0.1, 0.15) is 42.3 Å². The molecule has 1 saturated heterocycles. The summed E-state index contributed by atoms with van der Waals surface area (Å²) < 4.78 is 0. The van der Waals surface area contributed by atoms with Crippen molar-refractivity contribution in [2.45, 2.75) is 31.8 Å². The molecule has 0 bridgehead atoms. The number of nitrogens with one attached hydrogen (secondary N) is 2. The third-order valence-corrected chi connectivity index (χ3v) is 5.41. The van der Waals surface area contributed by atoms with E-state index in [0.29, 0.717) is 6.54 Å². The molecule has 2 amide bonds. The number of hydrogen-bond acceptors (Lipinski definition) is 4. The van der Waals surface area contributed by atoms with Crippen molar-refractivity contribution in [3.8, 4) is 0 Å². The van der Waals surface area contributed by atoms with Crippen LogP contribution in [0.25, 0.3) is 0 Å². The summed E-state index contributed by atoms with van der Waals surface area (Å²) in [6.07, 6.45) is 6.00. The van der Waals surface area contributed by atoms with Crippen molar-refractivity contribution in [1.82, 2.24) is 20.5 Å². The average Bonchev–Trinajstić information content (AvgIpc) is 3.30. The number of aromatic nitrogens is 1. The van der Waals surface area contributed by atoms with Crippen LogP contribution in [0.15, 0.2) is 42.0 Å².